The zero-order valence-electron chi connectivity index (χ0n) is 7.09. The molecule has 0 heterocycles. The van der Waals surface area contributed by atoms with Crippen molar-refractivity contribution in [1.29, 1.82) is 0 Å². The highest BCUT2D eigenvalue weighted by Gasteiger charge is 2.17. The molecule has 2 rings (SSSR count). The van der Waals surface area contributed by atoms with Gasteiger partial charge in [-0.15, -0.1) is 0 Å². The van der Waals surface area contributed by atoms with E-state index in [1.165, 1.54) is 11.1 Å². The molecule has 0 bridgehead atoms. The Bertz CT molecular complexity index is 284. The van der Waals surface area contributed by atoms with Crippen molar-refractivity contribution in [3.63, 3.8) is 0 Å². The quantitative estimate of drug-likeness (QED) is 0.562. The molecule has 1 unspecified atom stereocenters. The van der Waals surface area contributed by atoms with E-state index in [1.54, 1.807) is 0 Å². The van der Waals surface area contributed by atoms with E-state index in [1.807, 2.05) is 0 Å². The van der Waals surface area contributed by atoms with Crippen molar-refractivity contribution in [1.82, 2.24) is 0 Å². The summed E-state index contributed by atoms with van der Waals surface area (Å²) in [5, 5.41) is 0. The molecular formula is C10H14N2. The lowest BCUT2D eigenvalue weighted by atomic mass is 9.86. The zero-order chi connectivity index (χ0) is 8.55. The predicted octanol–water partition coefficient (Wildman–Crippen LogP) is 1.21. The lowest BCUT2D eigenvalue weighted by Crippen LogP contribution is -2.22. The standard InChI is InChI=1S/C10H14N2/c11-8-4-5-9-7(6-8)2-1-3-10(9)12/h3,5-6,8H,1-2,4,11-12H2. The molecule has 2 heteroatoms. The van der Waals surface area contributed by atoms with Gasteiger partial charge in [0.1, 0.15) is 0 Å². The molecule has 0 radical (unpaired) electrons. The van der Waals surface area contributed by atoms with Crippen LogP contribution < -0.4 is 11.5 Å². The highest BCUT2D eigenvalue weighted by atomic mass is 14.6. The Morgan fingerprint density at radius 1 is 1.33 bits per heavy atom. The summed E-state index contributed by atoms with van der Waals surface area (Å²) in [6, 6.07) is 0.203. The van der Waals surface area contributed by atoms with Crippen LogP contribution in [0.1, 0.15) is 19.3 Å². The molecular weight excluding hydrogens is 148 g/mol. The van der Waals surface area contributed by atoms with Gasteiger partial charge in [-0.25, -0.2) is 0 Å². The van der Waals surface area contributed by atoms with Crippen molar-refractivity contribution < 1.29 is 0 Å². The molecule has 0 saturated heterocycles. The smallest absolute Gasteiger partial charge is 0.0346 e. The second-order valence-electron chi connectivity index (χ2n) is 3.41. The first-order valence-corrected chi connectivity index (χ1v) is 4.40. The van der Waals surface area contributed by atoms with Gasteiger partial charge in [-0.05, 0) is 30.4 Å². The van der Waals surface area contributed by atoms with E-state index in [0.717, 1.165) is 25.0 Å². The Kier molecular flexibility index (Phi) is 1.77. The van der Waals surface area contributed by atoms with Gasteiger partial charge in [-0.3, -0.25) is 0 Å². The minimum absolute atomic E-state index is 0.203. The molecule has 0 aromatic heterocycles. The molecule has 0 aromatic rings. The summed E-state index contributed by atoms with van der Waals surface area (Å²) in [6.45, 7) is 0. The van der Waals surface area contributed by atoms with Crippen LogP contribution in [0.3, 0.4) is 0 Å². The molecule has 1 atom stereocenters. The Labute approximate surface area is 72.6 Å². The van der Waals surface area contributed by atoms with Crippen LogP contribution >= 0.6 is 0 Å². The van der Waals surface area contributed by atoms with Crippen LogP contribution in [0.2, 0.25) is 0 Å². The molecule has 2 aliphatic carbocycles. The van der Waals surface area contributed by atoms with Gasteiger partial charge in [-0.1, -0.05) is 18.2 Å². The van der Waals surface area contributed by atoms with Crippen LogP contribution in [0.15, 0.2) is 35.1 Å². The summed E-state index contributed by atoms with van der Waals surface area (Å²) in [6.07, 6.45) is 9.48. The normalized spacial score (nSPS) is 28.4. The van der Waals surface area contributed by atoms with Crippen LogP contribution in [-0.2, 0) is 0 Å². The van der Waals surface area contributed by atoms with Crippen molar-refractivity contribution in [3.8, 4) is 0 Å². The van der Waals surface area contributed by atoms with Crippen molar-refractivity contribution in [2.24, 2.45) is 11.5 Å². The van der Waals surface area contributed by atoms with Crippen LogP contribution in [0.5, 0.6) is 0 Å². The lowest BCUT2D eigenvalue weighted by molar-refractivity contribution is 0.782. The molecule has 2 nitrogen and oxygen atoms in total. The Hall–Kier alpha value is -1.02. The van der Waals surface area contributed by atoms with Gasteiger partial charge in [0, 0.05) is 11.7 Å². The van der Waals surface area contributed by atoms with Crippen LogP contribution in [0.25, 0.3) is 0 Å². The highest BCUT2D eigenvalue weighted by molar-refractivity contribution is 5.50. The van der Waals surface area contributed by atoms with E-state index in [4.69, 9.17) is 11.5 Å². The van der Waals surface area contributed by atoms with E-state index in [9.17, 15) is 0 Å². The van der Waals surface area contributed by atoms with Crippen LogP contribution in [0.4, 0.5) is 0 Å². The first-order valence-electron chi connectivity index (χ1n) is 4.40. The van der Waals surface area contributed by atoms with E-state index in [-0.39, 0.29) is 6.04 Å². The zero-order valence-corrected chi connectivity index (χ0v) is 7.09. The second kappa shape index (κ2) is 2.79. The third-order valence-corrected chi connectivity index (χ3v) is 2.44. The molecule has 0 aliphatic heterocycles. The lowest BCUT2D eigenvalue weighted by Gasteiger charge is -2.23. The second-order valence-corrected chi connectivity index (χ2v) is 3.41. The van der Waals surface area contributed by atoms with Gasteiger partial charge < -0.3 is 11.5 Å². The average molecular weight is 162 g/mol. The summed E-state index contributed by atoms with van der Waals surface area (Å²) in [7, 11) is 0. The Balaban J connectivity index is 2.35. The highest BCUT2D eigenvalue weighted by Crippen LogP contribution is 2.30. The first-order chi connectivity index (χ1) is 5.77. The van der Waals surface area contributed by atoms with Crippen LogP contribution in [-0.4, -0.2) is 6.04 Å². The number of hydrogen-bond donors (Lipinski definition) is 2. The van der Waals surface area contributed by atoms with E-state index in [2.05, 4.69) is 18.2 Å². The maximum absolute atomic E-state index is 5.85. The summed E-state index contributed by atoms with van der Waals surface area (Å²) >= 11 is 0. The summed E-state index contributed by atoms with van der Waals surface area (Å²) in [4.78, 5) is 0. The molecule has 2 aliphatic rings. The SMILES string of the molecule is NC1=CCCC2=CC(N)CC=C12. The maximum Gasteiger partial charge on any atom is 0.0346 e. The number of hydrogen-bond acceptors (Lipinski definition) is 2. The molecule has 0 aromatic carbocycles. The average Bonchev–Trinajstić information content (AvgIpc) is 2.04. The molecule has 0 saturated carbocycles. The fraction of sp³-hybridized carbons (Fsp3) is 0.400. The predicted molar refractivity (Wildman–Crippen MR) is 50.3 cm³/mol. The summed E-state index contributed by atoms with van der Waals surface area (Å²) < 4.78 is 0. The first kappa shape index (κ1) is 7.62. The van der Waals surface area contributed by atoms with Gasteiger partial charge in [0.05, 0.1) is 0 Å². The number of fused-ring (bicyclic) bond motifs is 1. The van der Waals surface area contributed by atoms with Crippen molar-refractivity contribution >= 4 is 0 Å². The molecule has 0 spiro atoms. The Morgan fingerprint density at radius 2 is 2.17 bits per heavy atom. The molecule has 12 heavy (non-hydrogen) atoms. The van der Waals surface area contributed by atoms with E-state index in [0.29, 0.717) is 0 Å². The van der Waals surface area contributed by atoms with Gasteiger partial charge in [-0.2, -0.15) is 0 Å². The molecule has 64 valence electrons. The molecule has 4 N–H and O–H groups in total. The maximum atomic E-state index is 5.85. The van der Waals surface area contributed by atoms with E-state index >= 15 is 0 Å². The van der Waals surface area contributed by atoms with Crippen molar-refractivity contribution in [3.05, 3.63) is 35.1 Å². The van der Waals surface area contributed by atoms with Crippen molar-refractivity contribution in [2.75, 3.05) is 0 Å². The van der Waals surface area contributed by atoms with Crippen molar-refractivity contribution in [2.45, 2.75) is 25.3 Å². The largest absolute Gasteiger partial charge is 0.399 e. The fourth-order valence-electron chi connectivity index (χ4n) is 1.82. The number of allylic oxidation sites excluding steroid dienone is 2. The number of rotatable bonds is 0. The summed E-state index contributed by atoms with van der Waals surface area (Å²) in [5.41, 5.74) is 15.1. The number of nitrogens with two attached hydrogens (primary N) is 2. The molecule has 0 amide bonds. The molecule has 0 fully saturated rings. The van der Waals surface area contributed by atoms with Gasteiger partial charge in [0.25, 0.3) is 0 Å². The minimum Gasteiger partial charge on any atom is -0.399 e. The third kappa shape index (κ3) is 1.18. The van der Waals surface area contributed by atoms with Gasteiger partial charge in [0.15, 0.2) is 0 Å². The summed E-state index contributed by atoms with van der Waals surface area (Å²) in [5.74, 6) is 0. The monoisotopic (exact) mass is 162 g/mol. The third-order valence-electron chi connectivity index (χ3n) is 2.44. The Morgan fingerprint density at radius 3 is 3.00 bits per heavy atom. The fourth-order valence-corrected chi connectivity index (χ4v) is 1.82. The van der Waals surface area contributed by atoms with Crippen LogP contribution in [0, 0.1) is 0 Å². The topological polar surface area (TPSA) is 52.0 Å². The van der Waals surface area contributed by atoms with E-state index < -0.39 is 0 Å². The minimum atomic E-state index is 0.203. The van der Waals surface area contributed by atoms with Gasteiger partial charge in [0.2, 0.25) is 0 Å². The van der Waals surface area contributed by atoms with Gasteiger partial charge >= 0.3 is 0 Å².